The summed E-state index contributed by atoms with van der Waals surface area (Å²) < 4.78 is 0. The van der Waals surface area contributed by atoms with Crippen LogP contribution in [0.25, 0.3) is 10.8 Å². The van der Waals surface area contributed by atoms with E-state index in [4.69, 9.17) is 0 Å². The normalized spacial score (nSPS) is 19.6. The Morgan fingerprint density at radius 2 is 0.875 bits per heavy atom. The summed E-state index contributed by atoms with van der Waals surface area (Å²) in [4.78, 5) is 90.5. The van der Waals surface area contributed by atoms with E-state index < -0.39 is 23.6 Å². The molecule has 0 fully saturated rings. The third kappa shape index (κ3) is 6.43. The molecule has 48 heavy (non-hydrogen) atoms. The van der Waals surface area contributed by atoms with Crippen LogP contribution in [0.4, 0.5) is 0 Å². The fourth-order valence-electron chi connectivity index (χ4n) is 6.60. The molecule has 2 aromatic carbocycles. The minimum atomic E-state index is -0.439. The second-order valence-electron chi connectivity index (χ2n) is 12.6. The number of rotatable bonds is 0. The first kappa shape index (κ1) is 32.9. The Morgan fingerprint density at radius 1 is 0.521 bits per heavy atom. The molecule has 1 aromatic heterocycles. The predicted molar refractivity (Wildman–Crippen MR) is 177 cm³/mol. The number of amides is 6. The number of carbonyl (C=O) groups is 6. The highest BCUT2D eigenvalue weighted by Crippen LogP contribution is 2.38. The number of hydrogen-bond donors (Lipinski definition) is 2. The van der Waals surface area contributed by atoms with Crippen LogP contribution in [0.5, 0.6) is 0 Å². The summed E-state index contributed by atoms with van der Waals surface area (Å²) in [5.41, 5.74) is 1.85. The molecule has 6 aliphatic heterocycles. The quantitative estimate of drug-likeness (QED) is 0.347. The molecule has 10 bridgehead atoms. The van der Waals surface area contributed by atoms with Crippen molar-refractivity contribution in [2.45, 2.75) is 25.7 Å². The molecule has 9 rings (SSSR count). The number of hydrogen-bond acceptors (Lipinski definition) is 9. The summed E-state index contributed by atoms with van der Waals surface area (Å²) in [5.74, 6) is -2.38. The van der Waals surface area contributed by atoms with Gasteiger partial charge in [0.05, 0.1) is 11.1 Å². The van der Waals surface area contributed by atoms with Gasteiger partial charge in [-0.3, -0.25) is 43.6 Å². The Morgan fingerprint density at radius 3 is 1.25 bits per heavy atom. The van der Waals surface area contributed by atoms with E-state index in [1.165, 1.54) is 28.3 Å². The summed E-state index contributed by atoms with van der Waals surface area (Å²) in [6.07, 6.45) is 5.27. The van der Waals surface area contributed by atoms with E-state index in [1.54, 1.807) is 24.3 Å². The highest BCUT2D eigenvalue weighted by molar-refractivity contribution is 6.33. The number of nitrogens with one attached hydrogen (secondary N) is 2. The van der Waals surface area contributed by atoms with Crippen molar-refractivity contribution in [2.75, 3.05) is 66.5 Å². The second-order valence-corrected chi connectivity index (χ2v) is 12.6. The van der Waals surface area contributed by atoms with Crippen LogP contribution >= 0.6 is 0 Å². The lowest BCUT2D eigenvalue weighted by Crippen LogP contribution is -2.44. The summed E-state index contributed by atoms with van der Waals surface area (Å²) >= 11 is 0. The largest absolute Gasteiger partial charge is 0.352 e. The van der Waals surface area contributed by atoms with Crippen molar-refractivity contribution in [3.63, 3.8) is 0 Å². The smallest absolute Gasteiger partial charge is 0.261 e. The van der Waals surface area contributed by atoms with Gasteiger partial charge >= 0.3 is 0 Å². The highest BCUT2D eigenvalue weighted by Gasteiger charge is 2.39. The predicted octanol–water partition coefficient (Wildman–Crippen LogP) is 2.02. The molecule has 6 aliphatic rings. The number of fused-ring (bicyclic) bond motifs is 2. The molecule has 0 unspecified atom stereocenters. The number of nitrogens with zero attached hydrogens (tertiary/aromatic N) is 5. The molecule has 13 heteroatoms. The molecule has 6 amide bonds. The lowest BCUT2D eigenvalue weighted by Gasteiger charge is -2.32. The lowest BCUT2D eigenvalue weighted by molar-refractivity contribution is 0.0583. The molecule has 3 aromatic rings. The van der Waals surface area contributed by atoms with Crippen LogP contribution in [-0.4, -0.2) is 126 Å². The molecule has 0 aliphatic carbocycles. The first-order valence-corrected chi connectivity index (χ1v) is 16.4. The van der Waals surface area contributed by atoms with Crippen molar-refractivity contribution in [3.05, 3.63) is 76.1 Å². The minimum absolute atomic E-state index is 0.209. The Balaban J connectivity index is 1.21. The third-order valence-corrected chi connectivity index (χ3v) is 9.17. The van der Waals surface area contributed by atoms with Gasteiger partial charge in [-0.15, -0.1) is 0 Å². The Bertz CT molecular complexity index is 1630. The average molecular weight is 654 g/mol. The van der Waals surface area contributed by atoms with Gasteiger partial charge in [0.1, 0.15) is 0 Å². The standard InChI is InChI=1S/C35H39N7O6/c1-39-13-3-11-37-30(43)22-19-23(21-36-20-22)31(44)38-12-4-14-40(2)16-6-18-42-34(47)26-9-7-24-28-25(8-10-27(29(26)28)35(42)48)33(46)41(32(24)45)17-5-15-39/h7-10,19-21H,3-6,11-18H2,1-2H3,(H,37,43)(H,38,44). The zero-order valence-corrected chi connectivity index (χ0v) is 27.2. The van der Waals surface area contributed by atoms with Crippen molar-refractivity contribution in [1.82, 2.24) is 35.2 Å². The van der Waals surface area contributed by atoms with Crippen LogP contribution in [0.1, 0.15) is 87.8 Å². The van der Waals surface area contributed by atoms with Gasteiger partial charge in [-0.25, -0.2) is 0 Å². The molecule has 250 valence electrons. The first-order valence-electron chi connectivity index (χ1n) is 16.4. The summed E-state index contributed by atoms with van der Waals surface area (Å²) in [7, 11) is 3.86. The Hall–Kier alpha value is -5.01. The van der Waals surface area contributed by atoms with Crippen LogP contribution in [-0.2, 0) is 0 Å². The van der Waals surface area contributed by atoms with Gasteiger partial charge in [0.15, 0.2) is 0 Å². The molecular weight excluding hydrogens is 614 g/mol. The van der Waals surface area contributed by atoms with Crippen molar-refractivity contribution in [2.24, 2.45) is 0 Å². The van der Waals surface area contributed by atoms with E-state index in [1.807, 2.05) is 14.1 Å². The third-order valence-electron chi connectivity index (χ3n) is 9.17. The van der Waals surface area contributed by atoms with E-state index in [2.05, 4.69) is 25.4 Å². The molecular formula is C35H39N7O6. The highest BCUT2D eigenvalue weighted by atomic mass is 16.2. The maximum Gasteiger partial charge on any atom is 0.261 e. The van der Waals surface area contributed by atoms with Gasteiger partial charge in [0.2, 0.25) is 0 Å². The van der Waals surface area contributed by atoms with Crippen molar-refractivity contribution in [3.8, 4) is 0 Å². The number of benzene rings is 2. The van der Waals surface area contributed by atoms with E-state index in [-0.39, 0.29) is 24.9 Å². The zero-order valence-electron chi connectivity index (χ0n) is 27.2. The molecule has 0 radical (unpaired) electrons. The second kappa shape index (κ2) is 14.0. The van der Waals surface area contributed by atoms with E-state index >= 15 is 0 Å². The van der Waals surface area contributed by atoms with E-state index in [0.29, 0.717) is 109 Å². The summed E-state index contributed by atoms with van der Waals surface area (Å²) in [5, 5.41) is 6.49. The maximum absolute atomic E-state index is 13.6. The SMILES string of the molecule is CN1CCCNC(=O)c2cncc(c2)C(=O)NCCCN(C)CCCN2C(=O)c3ccc4c5c(ccc(c35)C2=O)C(=O)N(CCC1)C4=O. The number of aromatic nitrogens is 1. The van der Waals surface area contributed by atoms with Crippen molar-refractivity contribution < 1.29 is 28.8 Å². The molecule has 7 heterocycles. The monoisotopic (exact) mass is 653 g/mol. The van der Waals surface area contributed by atoms with Gasteiger partial charge in [-0.2, -0.15) is 0 Å². The van der Waals surface area contributed by atoms with Gasteiger partial charge < -0.3 is 20.4 Å². The average Bonchev–Trinajstić information content (AvgIpc) is 3.08. The van der Waals surface area contributed by atoms with E-state index in [0.717, 1.165) is 0 Å². The molecule has 13 nitrogen and oxygen atoms in total. The topological polar surface area (TPSA) is 152 Å². The van der Waals surface area contributed by atoms with Gasteiger partial charge in [0.25, 0.3) is 35.4 Å². The molecule has 0 saturated heterocycles. The maximum atomic E-state index is 13.6. The minimum Gasteiger partial charge on any atom is -0.352 e. The summed E-state index contributed by atoms with van der Waals surface area (Å²) in [6.45, 7) is 3.82. The molecule has 0 spiro atoms. The Kier molecular flexibility index (Phi) is 9.60. The van der Waals surface area contributed by atoms with Crippen LogP contribution < -0.4 is 10.6 Å². The van der Waals surface area contributed by atoms with Crippen LogP contribution in [0.2, 0.25) is 0 Å². The molecule has 0 saturated carbocycles. The van der Waals surface area contributed by atoms with E-state index in [9.17, 15) is 28.8 Å². The van der Waals surface area contributed by atoms with Crippen molar-refractivity contribution in [1.29, 1.82) is 0 Å². The first-order chi connectivity index (χ1) is 23.2. The molecule has 0 atom stereocenters. The van der Waals surface area contributed by atoms with Crippen LogP contribution in [0.15, 0.2) is 42.7 Å². The van der Waals surface area contributed by atoms with Gasteiger partial charge in [-0.1, -0.05) is 0 Å². The summed E-state index contributed by atoms with van der Waals surface area (Å²) in [6, 6.07) is 7.89. The fraction of sp³-hybridized carbons (Fsp3) is 0.400. The number of carbonyl (C=O) groups excluding carboxylic acids is 6. The fourth-order valence-corrected chi connectivity index (χ4v) is 6.60. The van der Waals surface area contributed by atoms with Gasteiger partial charge in [0, 0.05) is 71.6 Å². The zero-order chi connectivity index (χ0) is 33.9. The van der Waals surface area contributed by atoms with Crippen molar-refractivity contribution >= 4 is 46.2 Å². The number of pyridine rings is 1. The molecule has 2 N–H and O–H groups in total. The Labute approximate surface area is 278 Å². The number of imide groups is 2. The van der Waals surface area contributed by atoms with Gasteiger partial charge in [-0.05, 0) is 96.3 Å². The van der Waals surface area contributed by atoms with Crippen LogP contribution in [0.3, 0.4) is 0 Å². The van der Waals surface area contributed by atoms with Crippen LogP contribution in [0, 0.1) is 0 Å². The lowest BCUT2D eigenvalue weighted by atomic mass is 9.86.